The smallest absolute Gasteiger partial charge is 0.409 e. The second-order valence-electron chi connectivity index (χ2n) is 4.77. The Morgan fingerprint density at radius 2 is 1.56 bits per heavy atom. The first-order valence-electron chi connectivity index (χ1n) is 7.02. The van der Waals surface area contributed by atoms with Gasteiger partial charge in [-0.2, -0.15) is 0 Å². The molecule has 0 fully saturated rings. The molecule has 132 valence electrons. The molecule has 7 nitrogen and oxygen atoms in total. The number of hydrogen-bond donors (Lipinski definition) is 4. The van der Waals surface area contributed by atoms with Crippen molar-refractivity contribution in [3.8, 4) is 11.5 Å². The number of thiocarbonyl (C=S) groups is 1. The van der Waals surface area contributed by atoms with Crippen molar-refractivity contribution in [3.63, 3.8) is 0 Å². The fourth-order valence-electron chi connectivity index (χ4n) is 2.00. The number of rotatable bonds is 5. The Hall–Kier alpha value is -2.52. The van der Waals surface area contributed by atoms with Gasteiger partial charge in [0.15, 0.2) is 5.11 Å². The van der Waals surface area contributed by atoms with Gasteiger partial charge in [-0.25, -0.2) is 4.79 Å². The Balaban J connectivity index is 2.07. The highest BCUT2D eigenvalue weighted by atomic mass is 79.9. The monoisotopic (exact) mass is 425 g/mol. The molecule has 0 heterocycles. The molecule has 2 rings (SSSR count). The van der Waals surface area contributed by atoms with E-state index in [0.717, 1.165) is 4.47 Å². The van der Waals surface area contributed by atoms with Crippen LogP contribution in [-0.2, 0) is 0 Å². The van der Waals surface area contributed by atoms with Gasteiger partial charge in [0.05, 0.1) is 24.4 Å². The van der Waals surface area contributed by atoms with Crippen molar-refractivity contribution >= 4 is 56.4 Å². The van der Waals surface area contributed by atoms with Crippen LogP contribution >= 0.6 is 28.1 Å². The third kappa shape index (κ3) is 5.23. The normalized spacial score (nSPS) is 9.88. The zero-order valence-corrected chi connectivity index (χ0v) is 15.8. The third-order valence-corrected chi connectivity index (χ3v) is 3.94. The molecule has 4 N–H and O–H groups in total. The van der Waals surface area contributed by atoms with Crippen LogP contribution in [0.25, 0.3) is 0 Å². The number of methoxy groups -OCH3 is 2. The molecule has 0 spiro atoms. The molecule has 0 aliphatic heterocycles. The summed E-state index contributed by atoms with van der Waals surface area (Å²) in [5.41, 5.74) is 1.84. The van der Waals surface area contributed by atoms with Gasteiger partial charge in [0.2, 0.25) is 0 Å². The summed E-state index contributed by atoms with van der Waals surface area (Å²) in [5.74, 6) is 1.22. The molecular formula is C16H16BrN3O4S. The topological polar surface area (TPSA) is 91.9 Å². The van der Waals surface area contributed by atoms with Gasteiger partial charge in [-0.05, 0) is 58.5 Å². The number of halogens is 1. The standard InChI is InChI=1S/C16H16BrN3O4S/c1-23-13-8-14(24-2)12(7-11(13)17)20-15(25)18-9-3-5-10(6-4-9)19-16(21)22/h3-8,19H,1-2H3,(H,21,22)(H2,18,20,25). The zero-order chi connectivity index (χ0) is 18.4. The summed E-state index contributed by atoms with van der Waals surface area (Å²) in [6.07, 6.45) is -1.12. The van der Waals surface area contributed by atoms with Gasteiger partial charge in [0.1, 0.15) is 11.5 Å². The summed E-state index contributed by atoms with van der Waals surface area (Å²) in [5, 5.41) is 17.4. The van der Waals surface area contributed by atoms with Crippen molar-refractivity contribution in [2.45, 2.75) is 0 Å². The van der Waals surface area contributed by atoms with Crippen LogP contribution in [0, 0.1) is 0 Å². The van der Waals surface area contributed by atoms with Crippen LogP contribution in [0.4, 0.5) is 21.9 Å². The van der Waals surface area contributed by atoms with Gasteiger partial charge < -0.3 is 25.2 Å². The maximum Gasteiger partial charge on any atom is 0.409 e. The predicted octanol–water partition coefficient (Wildman–Crippen LogP) is 4.37. The van der Waals surface area contributed by atoms with E-state index >= 15 is 0 Å². The number of carboxylic acid groups (broad SMARTS) is 1. The lowest BCUT2D eigenvalue weighted by Gasteiger charge is -2.15. The van der Waals surface area contributed by atoms with Crippen molar-refractivity contribution in [1.29, 1.82) is 0 Å². The first kappa shape index (κ1) is 18.8. The Morgan fingerprint density at radius 3 is 2.08 bits per heavy atom. The lowest BCUT2D eigenvalue weighted by Crippen LogP contribution is -2.19. The average Bonchev–Trinajstić information content (AvgIpc) is 2.56. The Labute approximate surface area is 158 Å². The molecule has 0 unspecified atom stereocenters. The summed E-state index contributed by atoms with van der Waals surface area (Å²) in [4.78, 5) is 10.6. The van der Waals surface area contributed by atoms with Crippen LogP contribution in [0.3, 0.4) is 0 Å². The quantitative estimate of drug-likeness (QED) is 0.528. The van der Waals surface area contributed by atoms with Gasteiger partial charge >= 0.3 is 6.09 Å². The van der Waals surface area contributed by atoms with Crippen molar-refractivity contribution in [1.82, 2.24) is 0 Å². The Bertz CT molecular complexity index is 784. The van der Waals surface area contributed by atoms with Gasteiger partial charge in [0.25, 0.3) is 0 Å². The molecule has 0 aromatic heterocycles. The molecule has 0 aliphatic rings. The molecule has 0 saturated heterocycles. The summed E-state index contributed by atoms with van der Waals surface area (Å²) in [7, 11) is 3.13. The van der Waals surface area contributed by atoms with E-state index in [9.17, 15) is 4.79 Å². The van der Waals surface area contributed by atoms with Crippen LogP contribution in [0.2, 0.25) is 0 Å². The molecule has 0 radical (unpaired) electrons. The fourth-order valence-corrected chi connectivity index (χ4v) is 2.74. The molecule has 0 atom stereocenters. The number of hydrogen-bond acceptors (Lipinski definition) is 4. The average molecular weight is 426 g/mol. The van der Waals surface area contributed by atoms with Crippen molar-refractivity contribution < 1.29 is 19.4 Å². The van der Waals surface area contributed by atoms with E-state index in [1.54, 1.807) is 50.6 Å². The van der Waals surface area contributed by atoms with Crippen molar-refractivity contribution in [3.05, 3.63) is 40.9 Å². The predicted molar refractivity (Wildman–Crippen MR) is 105 cm³/mol. The molecule has 0 aliphatic carbocycles. The van der Waals surface area contributed by atoms with Crippen LogP contribution < -0.4 is 25.4 Å². The molecule has 0 bridgehead atoms. The van der Waals surface area contributed by atoms with E-state index in [1.807, 2.05) is 0 Å². The van der Waals surface area contributed by atoms with Crippen LogP contribution in [0.1, 0.15) is 0 Å². The molecule has 9 heteroatoms. The third-order valence-electron chi connectivity index (χ3n) is 3.12. The molecule has 2 aromatic rings. The Kier molecular flexibility index (Phi) is 6.43. The number of amides is 1. The minimum atomic E-state index is -1.12. The van der Waals surface area contributed by atoms with E-state index in [2.05, 4.69) is 31.9 Å². The van der Waals surface area contributed by atoms with Gasteiger partial charge in [-0.3, -0.25) is 5.32 Å². The SMILES string of the molecule is COc1cc(OC)c(NC(=S)Nc2ccc(NC(=O)O)cc2)cc1Br. The van der Waals surface area contributed by atoms with Crippen molar-refractivity contribution in [2.24, 2.45) is 0 Å². The van der Waals surface area contributed by atoms with Crippen LogP contribution in [0.15, 0.2) is 40.9 Å². The second-order valence-corrected chi connectivity index (χ2v) is 6.04. The van der Waals surface area contributed by atoms with Crippen LogP contribution in [-0.4, -0.2) is 30.5 Å². The van der Waals surface area contributed by atoms with E-state index in [4.69, 9.17) is 26.8 Å². The van der Waals surface area contributed by atoms with Gasteiger partial charge in [-0.1, -0.05) is 0 Å². The largest absolute Gasteiger partial charge is 0.495 e. The first-order chi connectivity index (χ1) is 11.9. The molecule has 0 saturated carbocycles. The summed E-state index contributed by atoms with van der Waals surface area (Å²) < 4.78 is 11.3. The number of benzene rings is 2. The minimum absolute atomic E-state index is 0.356. The number of ether oxygens (including phenoxy) is 2. The molecule has 1 amide bonds. The second kappa shape index (κ2) is 8.54. The molecule has 25 heavy (non-hydrogen) atoms. The fraction of sp³-hybridized carbons (Fsp3) is 0.125. The summed E-state index contributed by atoms with van der Waals surface area (Å²) in [6.45, 7) is 0. The lowest BCUT2D eigenvalue weighted by atomic mass is 10.2. The maximum atomic E-state index is 10.6. The number of carbonyl (C=O) groups is 1. The van der Waals surface area contributed by atoms with E-state index < -0.39 is 6.09 Å². The maximum absolute atomic E-state index is 10.6. The minimum Gasteiger partial charge on any atom is -0.495 e. The molecule has 2 aromatic carbocycles. The van der Waals surface area contributed by atoms with Crippen LogP contribution in [0.5, 0.6) is 11.5 Å². The highest BCUT2D eigenvalue weighted by Gasteiger charge is 2.11. The molecular weight excluding hydrogens is 410 g/mol. The van der Waals surface area contributed by atoms with Gasteiger partial charge in [-0.15, -0.1) is 0 Å². The number of anilines is 3. The number of nitrogens with one attached hydrogen (secondary N) is 3. The summed E-state index contributed by atoms with van der Waals surface area (Å²) in [6, 6.07) is 10.2. The van der Waals surface area contributed by atoms with E-state index in [-0.39, 0.29) is 0 Å². The first-order valence-corrected chi connectivity index (χ1v) is 8.22. The van der Waals surface area contributed by atoms with E-state index in [1.165, 1.54) is 0 Å². The van der Waals surface area contributed by atoms with E-state index in [0.29, 0.717) is 33.7 Å². The highest BCUT2D eigenvalue weighted by Crippen LogP contribution is 2.36. The summed E-state index contributed by atoms with van der Waals surface area (Å²) >= 11 is 8.71. The van der Waals surface area contributed by atoms with Gasteiger partial charge in [0, 0.05) is 17.4 Å². The Morgan fingerprint density at radius 1 is 1.00 bits per heavy atom. The van der Waals surface area contributed by atoms with Crippen molar-refractivity contribution in [2.75, 3.05) is 30.2 Å². The highest BCUT2D eigenvalue weighted by molar-refractivity contribution is 9.10. The zero-order valence-electron chi connectivity index (χ0n) is 13.4. The lowest BCUT2D eigenvalue weighted by molar-refractivity contribution is 0.210.